The van der Waals surface area contributed by atoms with Crippen molar-refractivity contribution in [3.8, 4) is 68.2 Å². The number of nitrogen functional groups attached to an aromatic ring is 1. The number of hydrogen-bond acceptors (Lipinski definition) is 19. The number of methoxy groups -OCH3 is 4. The number of carboxylic acids is 1. The molecule has 0 spiro atoms. The third-order valence-electron chi connectivity index (χ3n) is 14.5. The van der Waals surface area contributed by atoms with Crippen LogP contribution in [0, 0.1) is 11.6 Å². The Morgan fingerprint density at radius 1 is 0.551 bits per heavy atom. The van der Waals surface area contributed by atoms with Gasteiger partial charge < -0.3 is 48.7 Å². The van der Waals surface area contributed by atoms with Gasteiger partial charge >= 0.3 is 5.97 Å². The number of ketones is 1. The van der Waals surface area contributed by atoms with Gasteiger partial charge in [0, 0.05) is 90.9 Å². The summed E-state index contributed by atoms with van der Waals surface area (Å²) < 4.78 is 74.0. The van der Waals surface area contributed by atoms with Gasteiger partial charge in [-0.1, -0.05) is 24.3 Å². The van der Waals surface area contributed by atoms with Crippen LogP contribution in [0.25, 0.3) is 44.1 Å². The Labute approximate surface area is 507 Å². The van der Waals surface area contributed by atoms with Crippen LogP contribution in [0.2, 0.25) is 0 Å². The number of fused-ring (bicyclic) bond motifs is 2. The lowest BCUT2D eigenvalue weighted by Crippen LogP contribution is -2.29. The van der Waals surface area contributed by atoms with Gasteiger partial charge in [0.1, 0.15) is 40.5 Å². The zero-order valence-corrected chi connectivity index (χ0v) is 48.6. The van der Waals surface area contributed by atoms with Crippen LogP contribution in [0.1, 0.15) is 64.4 Å². The van der Waals surface area contributed by atoms with E-state index in [-0.39, 0.29) is 35.3 Å². The number of hydrogen-bond donors (Lipinski definition) is 2. The van der Waals surface area contributed by atoms with Gasteiger partial charge in [0.15, 0.2) is 34.5 Å². The lowest BCUT2D eigenvalue weighted by atomic mass is 10.0. The molecular formula is C65H59F2N9O13. The van der Waals surface area contributed by atoms with Crippen molar-refractivity contribution in [2.45, 2.75) is 44.2 Å². The number of halogens is 2. The molecule has 10 aromatic rings. The first-order valence-electron chi connectivity index (χ1n) is 27.9. The highest BCUT2D eigenvalue weighted by atomic mass is 19.1. The van der Waals surface area contributed by atoms with Crippen molar-refractivity contribution in [1.29, 1.82) is 0 Å². The first-order valence-corrected chi connectivity index (χ1v) is 27.9. The third-order valence-corrected chi connectivity index (χ3v) is 14.5. The van der Waals surface area contributed by atoms with Crippen LogP contribution in [-0.2, 0) is 15.9 Å². The second-order valence-electron chi connectivity index (χ2n) is 20.2. The van der Waals surface area contributed by atoms with E-state index in [2.05, 4.69) is 30.1 Å². The van der Waals surface area contributed by atoms with Crippen LogP contribution in [0.4, 0.5) is 14.6 Å². The van der Waals surface area contributed by atoms with Gasteiger partial charge in [0.05, 0.1) is 70.4 Å². The maximum absolute atomic E-state index is 13.6. The second kappa shape index (κ2) is 28.2. The molecule has 456 valence electrons. The largest absolute Gasteiger partial charge is 0.493 e. The van der Waals surface area contributed by atoms with E-state index < -0.39 is 39.9 Å². The zero-order valence-electron chi connectivity index (χ0n) is 48.6. The average molecular weight is 1210 g/mol. The van der Waals surface area contributed by atoms with E-state index in [1.54, 1.807) is 106 Å². The number of nitrogens with two attached hydrogens (primary N) is 1. The molecule has 0 atom stereocenters. The Kier molecular flexibility index (Phi) is 19.4. The van der Waals surface area contributed by atoms with E-state index in [0.29, 0.717) is 126 Å². The summed E-state index contributed by atoms with van der Waals surface area (Å²) in [6.07, 6.45) is 12.2. The third kappa shape index (κ3) is 14.6. The highest BCUT2D eigenvalue weighted by Crippen LogP contribution is 2.39. The monoisotopic (exact) mass is 1210 g/mol. The van der Waals surface area contributed by atoms with Gasteiger partial charge in [0.2, 0.25) is 16.6 Å². The minimum Gasteiger partial charge on any atom is -0.493 e. The molecule has 0 amide bonds. The number of nitrogens with zero attached hydrogens (tertiary/aromatic N) is 8. The van der Waals surface area contributed by atoms with E-state index in [1.807, 2.05) is 12.1 Å². The number of anilines is 1. The van der Waals surface area contributed by atoms with E-state index >= 15 is 0 Å². The molecule has 0 radical (unpaired) electrons. The van der Waals surface area contributed by atoms with E-state index in [1.165, 1.54) is 65.6 Å². The molecule has 3 N–H and O–H groups in total. The molecule has 2 fully saturated rings. The van der Waals surface area contributed by atoms with E-state index in [4.69, 9.17) is 43.6 Å². The SMILES string of the molecule is COc1cc2nccc(Oc3ccc(CC(=O)c4nn(C5CCOCC5)cc(-c5ccc(F)cc5)c4=O)nc3)c2cc1OC.COc1cc2nccc(Oc3ccc(N)nc3)c2cc1OC.O=C(O)c1nn(C2CCOCC2)cc(-c2ccc(F)cc2)c1=O. The number of aromatic carboxylic acids is 1. The predicted octanol–water partition coefficient (Wildman–Crippen LogP) is 10.7. The summed E-state index contributed by atoms with van der Waals surface area (Å²) in [5.74, 6) is 2.31. The second-order valence-corrected chi connectivity index (χ2v) is 20.2. The summed E-state index contributed by atoms with van der Waals surface area (Å²) >= 11 is 0. The number of benzene rings is 4. The van der Waals surface area contributed by atoms with Crippen LogP contribution < -0.4 is 45.0 Å². The van der Waals surface area contributed by atoms with E-state index in [9.17, 15) is 33.1 Å². The molecule has 0 bridgehead atoms. The van der Waals surface area contributed by atoms with Gasteiger partial charge in [-0.3, -0.25) is 38.7 Å². The van der Waals surface area contributed by atoms with Crippen molar-refractivity contribution in [2.24, 2.45) is 0 Å². The maximum Gasteiger partial charge on any atom is 0.360 e. The number of rotatable bonds is 16. The molecule has 8 heterocycles. The number of aromatic nitrogens is 8. The first kappa shape index (κ1) is 61.4. The molecule has 0 unspecified atom stereocenters. The Balaban J connectivity index is 0.000000163. The molecule has 2 saturated heterocycles. The van der Waals surface area contributed by atoms with Crippen LogP contribution in [0.15, 0.2) is 156 Å². The first-order chi connectivity index (χ1) is 43.2. The Bertz CT molecular complexity index is 4280. The molecule has 12 rings (SSSR count). The lowest BCUT2D eigenvalue weighted by Gasteiger charge is -2.24. The minimum atomic E-state index is -1.38. The van der Waals surface area contributed by atoms with Gasteiger partial charge in [-0.2, -0.15) is 10.2 Å². The topological polar surface area (TPSA) is 276 Å². The van der Waals surface area contributed by atoms with Crippen LogP contribution >= 0.6 is 0 Å². The van der Waals surface area contributed by atoms with Crippen molar-refractivity contribution in [2.75, 3.05) is 60.6 Å². The fourth-order valence-electron chi connectivity index (χ4n) is 9.89. The zero-order chi connectivity index (χ0) is 62.6. The summed E-state index contributed by atoms with van der Waals surface area (Å²) in [6, 6.07) is 28.4. The van der Waals surface area contributed by atoms with Crippen molar-refractivity contribution >= 4 is 39.4 Å². The number of ether oxygens (including phenoxy) is 8. The standard InChI is InChI=1S/C33H29FN4O6.C16H15FN2O4.C16H15N3O3/c1-41-30-16-25-27(17-31(30)42-2)35-12-9-29(25)44-24-8-7-22(36-18-24)15-28(39)32-33(40)26(20-3-5-21(34)6-4-20)19-38(37-32)23-10-13-43-14-11-23;17-11-3-1-10(2-4-11)13-9-19(12-5-7-23-8-6-12)18-14(15(13)20)16(21)22;1-20-14-7-11-12(8-15(14)21-2)18-6-5-13(11)22-10-3-4-16(17)19-9-10/h3-9,12,16-19,23H,10-11,13-15H2,1-2H3;1-4,9,12H,5-8H2,(H,21,22);3-9H,1-2H3,(H2,17,19). The number of carbonyl (C=O) groups excluding carboxylic acids is 1. The van der Waals surface area contributed by atoms with Crippen molar-refractivity contribution in [3.63, 3.8) is 0 Å². The van der Waals surface area contributed by atoms with Crippen LogP contribution in [0.5, 0.6) is 46.0 Å². The fourth-order valence-corrected chi connectivity index (χ4v) is 9.89. The maximum atomic E-state index is 13.6. The smallest absolute Gasteiger partial charge is 0.360 e. The Morgan fingerprint density at radius 3 is 1.39 bits per heavy atom. The van der Waals surface area contributed by atoms with Gasteiger partial charge in [-0.25, -0.2) is 18.6 Å². The molecular weight excluding hydrogens is 1150 g/mol. The van der Waals surface area contributed by atoms with Crippen molar-refractivity contribution in [3.05, 3.63) is 196 Å². The normalized spacial score (nSPS) is 13.3. The minimum absolute atomic E-state index is 0.0263. The summed E-state index contributed by atoms with van der Waals surface area (Å²) in [7, 11) is 6.29. The molecule has 2 aliphatic rings. The number of carbonyl (C=O) groups is 2. The molecule has 2 aliphatic heterocycles. The quantitative estimate of drug-likeness (QED) is 0.0851. The highest BCUT2D eigenvalue weighted by molar-refractivity contribution is 5.96. The summed E-state index contributed by atoms with van der Waals surface area (Å²) in [5.41, 5.74) is 6.98. The molecule has 24 heteroatoms. The number of pyridine rings is 4. The van der Waals surface area contributed by atoms with Crippen molar-refractivity contribution in [1.82, 2.24) is 39.5 Å². The summed E-state index contributed by atoms with van der Waals surface area (Å²) in [4.78, 5) is 67.8. The van der Waals surface area contributed by atoms with Gasteiger partial charge in [-0.05, 0) is 110 Å². The van der Waals surface area contributed by atoms with Gasteiger partial charge in [0.25, 0.3) is 0 Å². The number of carboxylic acid groups (broad SMARTS) is 1. The van der Waals surface area contributed by atoms with E-state index in [0.717, 1.165) is 16.3 Å². The molecule has 22 nitrogen and oxygen atoms in total. The van der Waals surface area contributed by atoms with Crippen LogP contribution in [-0.4, -0.2) is 111 Å². The fraction of sp³-hybridized carbons (Fsp3) is 0.231. The lowest BCUT2D eigenvalue weighted by molar-refractivity contribution is 0.0631. The molecule has 89 heavy (non-hydrogen) atoms. The highest BCUT2D eigenvalue weighted by Gasteiger charge is 2.25. The molecule has 6 aromatic heterocycles. The van der Waals surface area contributed by atoms with Crippen LogP contribution in [0.3, 0.4) is 0 Å². The Hall–Kier alpha value is -10.7. The summed E-state index contributed by atoms with van der Waals surface area (Å²) in [5, 5.41) is 19.2. The predicted molar refractivity (Wildman–Crippen MR) is 324 cm³/mol. The molecule has 4 aromatic carbocycles. The van der Waals surface area contributed by atoms with Gasteiger partial charge in [-0.15, -0.1) is 0 Å². The average Bonchev–Trinajstić information content (AvgIpc) is 3.31. The van der Waals surface area contributed by atoms with Crippen molar-refractivity contribution < 1.29 is 61.4 Å². The Morgan fingerprint density at radius 2 is 0.978 bits per heavy atom. The number of Topliss-reactive ketones (excluding diaryl/α,β-unsaturated/α-hetero) is 1. The molecule has 0 saturated carbocycles. The summed E-state index contributed by atoms with van der Waals surface area (Å²) in [6.45, 7) is 2.24. The molecule has 0 aliphatic carbocycles.